The maximum atomic E-state index is 12.7. The van der Waals surface area contributed by atoms with Crippen LogP contribution in [0.25, 0.3) is 0 Å². The van der Waals surface area contributed by atoms with Crippen LogP contribution in [-0.2, 0) is 23.7 Å². The van der Waals surface area contributed by atoms with E-state index in [9.17, 15) is 31.1 Å². The summed E-state index contributed by atoms with van der Waals surface area (Å²) in [6.45, 7) is -0.999. The third-order valence-corrected chi connectivity index (χ3v) is 2.19. The zero-order chi connectivity index (χ0) is 14.8. The maximum absolute atomic E-state index is 12.7. The van der Waals surface area contributed by atoms with Crippen LogP contribution >= 0.6 is 11.6 Å². The summed E-state index contributed by atoms with van der Waals surface area (Å²) >= 11 is 4.76. The molecule has 0 aliphatic carbocycles. The van der Waals surface area contributed by atoms with Crippen molar-refractivity contribution in [1.82, 2.24) is 0 Å². The fourth-order valence-corrected chi connectivity index (χ4v) is 1.48. The SMILES string of the molecule is O=C(Cl)OCc1cccc(C(F)(F)F)c1C(F)(F)F. The van der Waals surface area contributed by atoms with Gasteiger partial charge in [-0.1, -0.05) is 12.1 Å². The molecule has 0 fully saturated rings. The van der Waals surface area contributed by atoms with E-state index in [0.717, 1.165) is 12.1 Å². The van der Waals surface area contributed by atoms with Gasteiger partial charge in [0.2, 0.25) is 0 Å². The summed E-state index contributed by atoms with van der Waals surface area (Å²) in [5, 5.41) is 0. The van der Waals surface area contributed by atoms with Crippen molar-refractivity contribution in [2.45, 2.75) is 19.0 Å². The highest BCUT2D eigenvalue weighted by atomic mass is 35.5. The Morgan fingerprint density at radius 3 is 2.11 bits per heavy atom. The van der Waals surface area contributed by atoms with Crippen molar-refractivity contribution < 1.29 is 35.9 Å². The second-order valence-electron chi connectivity index (χ2n) is 3.36. The Labute approximate surface area is 107 Å². The third kappa shape index (κ3) is 4.02. The summed E-state index contributed by atoms with van der Waals surface area (Å²) in [5.41, 5.74) is -5.97. The van der Waals surface area contributed by atoms with E-state index in [1.54, 1.807) is 0 Å². The topological polar surface area (TPSA) is 26.3 Å². The summed E-state index contributed by atoms with van der Waals surface area (Å²) in [6.07, 6.45) is -10.4. The zero-order valence-corrected chi connectivity index (χ0v) is 9.66. The van der Waals surface area contributed by atoms with Crippen LogP contribution in [0.4, 0.5) is 31.1 Å². The Balaban J connectivity index is 3.35. The first-order chi connectivity index (χ1) is 8.53. The van der Waals surface area contributed by atoms with Crippen LogP contribution < -0.4 is 0 Å². The number of carbonyl (C=O) groups excluding carboxylic acids is 1. The number of alkyl halides is 6. The lowest BCUT2D eigenvalue weighted by Crippen LogP contribution is -2.19. The van der Waals surface area contributed by atoms with Gasteiger partial charge in [-0.05, 0) is 6.07 Å². The predicted octanol–water partition coefficient (Wildman–Crippen LogP) is 4.60. The van der Waals surface area contributed by atoms with E-state index in [0.29, 0.717) is 6.07 Å². The minimum absolute atomic E-state index is 0.300. The number of hydrogen-bond acceptors (Lipinski definition) is 2. The summed E-state index contributed by atoms with van der Waals surface area (Å²) in [4.78, 5) is 10.3. The molecule has 2 nitrogen and oxygen atoms in total. The summed E-state index contributed by atoms with van der Waals surface area (Å²) in [7, 11) is 0. The molecule has 19 heavy (non-hydrogen) atoms. The number of halogens is 7. The van der Waals surface area contributed by atoms with Gasteiger partial charge < -0.3 is 4.74 Å². The number of hydrogen-bond donors (Lipinski definition) is 0. The number of ether oxygens (including phenoxy) is 1. The molecule has 0 saturated carbocycles. The lowest BCUT2D eigenvalue weighted by atomic mass is 10.0. The molecule has 0 aliphatic heterocycles. The van der Waals surface area contributed by atoms with Crippen molar-refractivity contribution >= 4 is 17.0 Å². The van der Waals surface area contributed by atoms with Crippen molar-refractivity contribution in [1.29, 1.82) is 0 Å². The van der Waals surface area contributed by atoms with E-state index < -0.39 is 41.1 Å². The van der Waals surface area contributed by atoms with Gasteiger partial charge in [0.05, 0.1) is 11.1 Å². The minimum atomic E-state index is -5.24. The molecule has 0 unspecified atom stereocenters. The van der Waals surface area contributed by atoms with E-state index in [1.807, 2.05) is 0 Å². The highest BCUT2D eigenvalue weighted by Crippen LogP contribution is 2.42. The normalized spacial score (nSPS) is 12.4. The number of rotatable bonds is 2. The molecule has 0 aliphatic rings. The second kappa shape index (κ2) is 5.28. The van der Waals surface area contributed by atoms with Crippen molar-refractivity contribution in [3.63, 3.8) is 0 Å². The van der Waals surface area contributed by atoms with Gasteiger partial charge in [-0.2, -0.15) is 26.3 Å². The predicted molar refractivity (Wildman–Crippen MR) is 52.5 cm³/mol. The lowest BCUT2D eigenvalue weighted by Gasteiger charge is -2.18. The Morgan fingerprint density at radius 2 is 1.68 bits per heavy atom. The first-order valence-corrected chi connectivity index (χ1v) is 5.00. The molecule has 0 radical (unpaired) electrons. The first kappa shape index (κ1) is 15.6. The Kier molecular flexibility index (Phi) is 4.34. The largest absolute Gasteiger partial charge is 0.449 e. The van der Waals surface area contributed by atoms with Crippen LogP contribution in [0.5, 0.6) is 0 Å². The average molecular weight is 307 g/mol. The van der Waals surface area contributed by atoms with E-state index in [4.69, 9.17) is 11.6 Å². The molecular formula is C10H5ClF6O2. The molecule has 0 aromatic heterocycles. The van der Waals surface area contributed by atoms with Crippen LogP contribution in [0.2, 0.25) is 0 Å². The molecule has 1 aromatic carbocycles. The van der Waals surface area contributed by atoms with E-state index >= 15 is 0 Å². The van der Waals surface area contributed by atoms with Gasteiger partial charge >= 0.3 is 17.8 Å². The highest BCUT2D eigenvalue weighted by molar-refractivity contribution is 6.61. The van der Waals surface area contributed by atoms with Crippen molar-refractivity contribution in [2.24, 2.45) is 0 Å². The Bertz CT molecular complexity index is 480. The minimum Gasteiger partial charge on any atom is -0.449 e. The summed E-state index contributed by atoms with van der Waals surface area (Å²) < 4.78 is 79.7. The van der Waals surface area contributed by atoms with Gasteiger partial charge in [-0.25, -0.2) is 4.79 Å². The average Bonchev–Trinajstić information content (AvgIpc) is 2.23. The Hall–Kier alpha value is -1.44. The fraction of sp³-hybridized carbons (Fsp3) is 0.300. The smallest absolute Gasteiger partial charge is 0.417 e. The van der Waals surface area contributed by atoms with Crippen LogP contribution in [0.1, 0.15) is 16.7 Å². The lowest BCUT2D eigenvalue weighted by molar-refractivity contribution is -0.162. The monoisotopic (exact) mass is 306 g/mol. The van der Waals surface area contributed by atoms with Crippen LogP contribution in [0, 0.1) is 0 Å². The molecule has 0 bridgehead atoms. The van der Waals surface area contributed by atoms with Gasteiger partial charge in [0, 0.05) is 17.2 Å². The molecular weight excluding hydrogens is 302 g/mol. The molecule has 0 atom stereocenters. The first-order valence-electron chi connectivity index (χ1n) is 4.62. The van der Waals surface area contributed by atoms with Crippen LogP contribution in [0.15, 0.2) is 18.2 Å². The van der Waals surface area contributed by atoms with Crippen molar-refractivity contribution in [2.75, 3.05) is 0 Å². The van der Waals surface area contributed by atoms with E-state index in [-0.39, 0.29) is 0 Å². The Morgan fingerprint density at radius 1 is 1.11 bits per heavy atom. The van der Waals surface area contributed by atoms with Gasteiger partial charge in [0.1, 0.15) is 6.61 Å². The van der Waals surface area contributed by atoms with Crippen LogP contribution in [-0.4, -0.2) is 5.43 Å². The molecule has 0 saturated heterocycles. The van der Waals surface area contributed by atoms with Gasteiger partial charge in [0.25, 0.3) is 0 Å². The summed E-state index contributed by atoms with van der Waals surface area (Å²) in [6, 6.07) is 1.86. The maximum Gasteiger partial charge on any atom is 0.417 e. The second-order valence-corrected chi connectivity index (χ2v) is 3.67. The standard InChI is InChI=1S/C10H5ClF6O2/c11-8(18)19-4-5-2-1-3-6(9(12,13)14)7(5)10(15,16)17/h1-3H,4H2. The quantitative estimate of drug-likeness (QED) is 0.589. The van der Waals surface area contributed by atoms with Crippen molar-refractivity contribution in [3.05, 3.63) is 34.9 Å². The van der Waals surface area contributed by atoms with E-state index in [2.05, 4.69) is 4.74 Å². The van der Waals surface area contributed by atoms with Crippen molar-refractivity contribution in [3.8, 4) is 0 Å². The fourth-order valence-electron chi connectivity index (χ4n) is 1.43. The summed E-state index contributed by atoms with van der Waals surface area (Å²) in [5.74, 6) is 0. The van der Waals surface area contributed by atoms with Gasteiger partial charge in [-0.3, -0.25) is 0 Å². The number of benzene rings is 1. The van der Waals surface area contributed by atoms with Crippen LogP contribution in [0.3, 0.4) is 0 Å². The molecule has 0 heterocycles. The van der Waals surface area contributed by atoms with Gasteiger partial charge in [0.15, 0.2) is 0 Å². The molecule has 1 aromatic rings. The third-order valence-electron chi connectivity index (χ3n) is 2.08. The number of carbonyl (C=O) groups is 1. The zero-order valence-electron chi connectivity index (χ0n) is 8.90. The molecule has 9 heteroatoms. The van der Waals surface area contributed by atoms with Gasteiger partial charge in [-0.15, -0.1) is 0 Å². The molecule has 0 amide bonds. The van der Waals surface area contributed by atoms with E-state index in [1.165, 1.54) is 0 Å². The molecule has 0 N–H and O–H groups in total. The molecule has 0 spiro atoms. The highest BCUT2D eigenvalue weighted by Gasteiger charge is 2.44. The molecule has 1 rings (SSSR count). The molecule has 106 valence electrons.